The highest BCUT2D eigenvalue weighted by Gasteiger charge is 2.18. The summed E-state index contributed by atoms with van der Waals surface area (Å²) in [5.74, 6) is 0.669. The molecule has 8 rings (SSSR count). The Kier molecular flexibility index (Phi) is 4.79. The monoisotopic (exact) mass is 498 g/mol. The van der Waals surface area contributed by atoms with Gasteiger partial charge in [-0.2, -0.15) is 0 Å². The zero-order chi connectivity index (χ0) is 25.8. The van der Waals surface area contributed by atoms with Gasteiger partial charge in [-0.15, -0.1) is 0 Å². The molecule has 4 heteroatoms. The molecule has 0 aliphatic rings. The molecule has 182 valence electrons. The molecule has 3 aromatic heterocycles. The van der Waals surface area contributed by atoms with Crippen LogP contribution < -0.4 is 0 Å². The van der Waals surface area contributed by atoms with Gasteiger partial charge in [-0.1, -0.05) is 97.1 Å². The molecule has 0 aliphatic heterocycles. The minimum absolute atomic E-state index is 0.669. The second-order valence-electron chi connectivity index (χ2n) is 9.74. The van der Waals surface area contributed by atoms with Crippen molar-refractivity contribution in [2.75, 3.05) is 0 Å². The first-order valence-electron chi connectivity index (χ1n) is 13.0. The van der Waals surface area contributed by atoms with Crippen molar-refractivity contribution in [1.29, 1.82) is 0 Å². The van der Waals surface area contributed by atoms with Gasteiger partial charge in [0.15, 0.2) is 0 Å². The van der Waals surface area contributed by atoms with E-state index in [0.29, 0.717) is 5.95 Å². The second-order valence-corrected chi connectivity index (χ2v) is 9.74. The Morgan fingerprint density at radius 3 is 1.85 bits per heavy atom. The average molecular weight is 499 g/mol. The Morgan fingerprint density at radius 2 is 1.13 bits per heavy atom. The van der Waals surface area contributed by atoms with Gasteiger partial charge in [0.2, 0.25) is 5.95 Å². The highest BCUT2D eigenvalue weighted by molar-refractivity contribution is 6.11. The molecule has 4 nitrogen and oxygen atoms in total. The van der Waals surface area contributed by atoms with Crippen LogP contribution in [0.1, 0.15) is 0 Å². The number of rotatable bonds is 3. The van der Waals surface area contributed by atoms with E-state index in [9.17, 15) is 0 Å². The van der Waals surface area contributed by atoms with Crippen LogP contribution in [-0.2, 0) is 0 Å². The lowest BCUT2D eigenvalue weighted by Crippen LogP contribution is -2.03. The van der Waals surface area contributed by atoms with Crippen LogP contribution in [0.25, 0.3) is 71.8 Å². The first-order chi connectivity index (χ1) is 19.3. The van der Waals surface area contributed by atoms with Gasteiger partial charge in [0.25, 0.3) is 0 Å². The standard InChI is InChI=1S/C35H22N4/c1-2-10-27-24(8-1)19-20-30-33(25-17-15-23(16-18-25)26-9-7-21-36-22-26)37-35(38-34(27)30)39-31-13-5-3-11-28(31)29-12-4-6-14-32(29)39/h1-22H. The predicted octanol–water partition coefficient (Wildman–Crippen LogP) is 8.61. The van der Waals surface area contributed by atoms with Crippen molar-refractivity contribution in [3.8, 4) is 28.3 Å². The smallest absolute Gasteiger partial charge is 0.235 e. The quantitative estimate of drug-likeness (QED) is 0.229. The molecule has 0 saturated carbocycles. The van der Waals surface area contributed by atoms with E-state index in [4.69, 9.17) is 9.97 Å². The third-order valence-corrected chi connectivity index (χ3v) is 7.51. The van der Waals surface area contributed by atoms with Gasteiger partial charge in [-0.25, -0.2) is 9.97 Å². The van der Waals surface area contributed by atoms with Crippen LogP contribution in [-0.4, -0.2) is 19.5 Å². The van der Waals surface area contributed by atoms with E-state index < -0.39 is 0 Å². The highest BCUT2D eigenvalue weighted by Crippen LogP contribution is 2.36. The number of benzene rings is 5. The van der Waals surface area contributed by atoms with Crippen molar-refractivity contribution in [3.63, 3.8) is 0 Å². The molecule has 0 saturated heterocycles. The van der Waals surface area contributed by atoms with Gasteiger partial charge in [0, 0.05) is 39.5 Å². The van der Waals surface area contributed by atoms with Gasteiger partial charge >= 0.3 is 0 Å². The Hall–Kier alpha value is -5.35. The van der Waals surface area contributed by atoms with Crippen LogP contribution in [0.15, 0.2) is 134 Å². The van der Waals surface area contributed by atoms with E-state index >= 15 is 0 Å². The van der Waals surface area contributed by atoms with Crippen LogP contribution >= 0.6 is 0 Å². The van der Waals surface area contributed by atoms with Gasteiger partial charge in [0.05, 0.1) is 22.2 Å². The molecule has 0 fully saturated rings. The van der Waals surface area contributed by atoms with Crippen LogP contribution in [0.5, 0.6) is 0 Å². The lowest BCUT2D eigenvalue weighted by Gasteiger charge is -2.13. The summed E-state index contributed by atoms with van der Waals surface area (Å²) in [6, 6.07) is 42.3. The van der Waals surface area contributed by atoms with Crippen molar-refractivity contribution in [3.05, 3.63) is 134 Å². The van der Waals surface area contributed by atoms with Crippen molar-refractivity contribution in [2.45, 2.75) is 0 Å². The fraction of sp³-hybridized carbons (Fsp3) is 0. The van der Waals surface area contributed by atoms with E-state index in [1.165, 1.54) is 10.8 Å². The first kappa shape index (κ1) is 21.7. The summed E-state index contributed by atoms with van der Waals surface area (Å²) < 4.78 is 2.19. The number of nitrogens with zero attached hydrogens (tertiary/aromatic N) is 4. The fourth-order valence-electron chi connectivity index (χ4n) is 5.66. The van der Waals surface area contributed by atoms with Crippen molar-refractivity contribution in [1.82, 2.24) is 19.5 Å². The predicted molar refractivity (Wildman–Crippen MR) is 160 cm³/mol. The molecule has 0 unspecified atom stereocenters. The summed E-state index contributed by atoms with van der Waals surface area (Å²) in [7, 11) is 0. The molecule has 5 aromatic carbocycles. The summed E-state index contributed by atoms with van der Waals surface area (Å²) in [6.45, 7) is 0. The largest absolute Gasteiger partial charge is 0.278 e. The van der Waals surface area contributed by atoms with E-state index in [2.05, 4.69) is 125 Å². The normalized spacial score (nSPS) is 11.6. The fourth-order valence-corrected chi connectivity index (χ4v) is 5.66. The molecule has 0 bridgehead atoms. The molecule has 39 heavy (non-hydrogen) atoms. The summed E-state index contributed by atoms with van der Waals surface area (Å²) in [4.78, 5) is 14.8. The zero-order valence-corrected chi connectivity index (χ0v) is 21.0. The lowest BCUT2D eigenvalue weighted by molar-refractivity contribution is 1.02. The van der Waals surface area contributed by atoms with Gasteiger partial charge in [-0.3, -0.25) is 9.55 Å². The molecule has 8 aromatic rings. The maximum Gasteiger partial charge on any atom is 0.235 e. The first-order valence-corrected chi connectivity index (χ1v) is 13.0. The maximum absolute atomic E-state index is 5.26. The molecular weight excluding hydrogens is 476 g/mol. The molecular formula is C35H22N4. The number of aromatic nitrogens is 4. The van der Waals surface area contributed by atoms with Crippen LogP contribution in [0.4, 0.5) is 0 Å². The average Bonchev–Trinajstić information content (AvgIpc) is 3.35. The molecule has 0 aliphatic carbocycles. The number of para-hydroxylation sites is 2. The Labute approximate surface area is 224 Å². The zero-order valence-electron chi connectivity index (χ0n) is 21.0. The molecule has 0 radical (unpaired) electrons. The minimum Gasteiger partial charge on any atom is -0.278 e. The number of hydrogen-bond donors (Lipinski definition) is 0. The third kappa shape index (κ3) is 3.42. The van der Waals surface area contributed by atoms with E-state index in [1.807, 2.05) is 12.3 Å². The Bertz CT molecular complexity index is 2110. The minimum atomic E-state index is 0.669. The molecule has 0 amide bonds. The van der Waals surface area contributed by atoms with Gasteiger partial charge < -0.3 is 0 Å². The van der Waals surface area contributed by atoms with Gasteiger partial charge in [0.1, 0.15) is 0 Å². The van der Waals surface area contributed by atoms with Crippen LogP contribution in [0.2, 0.25) is 0 Å². The van der Waals surface area contributed by atoms with Crippen molar-refractivity contribution < 1.29 is 0 Å². The van der Waals surface area contributed by atoms with E-state index in [1.54, 1.807) is 6.20 Å². The third-order valence-electron chi connectivity index (χ3n) is 7.51. The summed E-state index contributed by atoms with van der Waals surface area (Å²) in [6.07, 6.45) is 3.69. The lowest BCUT2D eigenvalue weighted by atomic mass is 10.00. The number of pyridine rings is 1. The Balaban J connectivity index is 1.44. The van der Waals surface area contributed by atoms with Crippen molar-refractivity contribution in [2.24, 2.45) is 0 Å². The molecule has 0 N–H and O–H groups in total. The summed E-state index contributed by atoms with van der Waals surface area (Å²) in [5, 5.41) is 5.70. The Morgan fingerprint density at radius 1 is 0.462 bits per heavy atom. The molecule has 3 heterocycles. The highest BCUT2D eigenvalue weighted by atomic mass is 15.2. The number of hydrogen-bond acceptors (Lipinski definition) is 3. The van der Waals surface area contributed by atoms with Crippen LogP contribution in [0, 0.1) is 0 Å². The van der Waals surface area contributed by atoms with E-state index in [-0.39, 0.29) is 0 Å². The topological polar surface area (TPSA) is 43.6 Å². The second kappa shape index (κ2) is 8.61. The summed E-state index contributed by atoms with van der Waals surface area (Å²) in [5.41, 5.74) is 7.32. The maximum atomic E-state index is 5.26. The number of fused-ring (bicyclic) bond motifs is 6. The SMILES string of the molecule is c1cncc(-c2ccc(-c3nc(-n4c5ccccc5c5ccccc54)nc4c3ccc3ccccc34)cc2)c1. The summed E-state index contributed by atoms with van der Waals surface area (Å²) >= 11 is 0. The molecule has 0 atom stereocenters. The van der Waals surface area contributed by atoms with E-state index in [0.717, 1.165) is 55.1 Å². The van der Waals surface area contributed by atoms with Crippen LogP contribution in [0.3, 0.4) is 0 Å². The molecule has 0 spiro atoms. The van der Waals surface area contributed by atoms with Crippen molar-refractivity contribution >= 4 is 43.5 Å². The van der Waals surface area contributed by atoms with Gasteiger partial charge in [-0.05, 0) is 40.8 Å².